The zero-order chi connectivity index (χ0) is 9.64. The fourth-order valence-electron chi connectivity index (χ4n) is 1.02. The van der Waals surface area contributed by atoms with E-state index >= 15 is 0 Å². The van der Waals surface area contributed by atoms with Crippen molar-refractivity contribution in [2.24, 2.45) is 0 Å². The molecule has 70 valence electrons. The number of pyridine rings is 1. The predicted molar refractivity (Wildman–Crippen MR) is 54.9 cm³/mol. The van der Waals surface area contributed by atoms with E-state index < -0.39 is 0 Å². The van der Waals surface area contributed by atoms with Crippen molar-refractivity contribution < 1.29 is 4.84 Å². The van der Waals surface area contributed by atoms with E-state index in [0.717, 1.165) is 5.75 Å². The molecule has 0 fully saturated rings. The molecule has 14 heavy (non-hydrogen) atoms. The number of nitrogens with zero attached hydrogens (tertiary/aromatic N) is 1. The van der Waals surface area contributed by atoms with E-state index in [2.05, 4.69) is 10.5 Å². The minimum Gasteiger partial charge on any atom is -0.381 e. The summed E-state index contributed by atoms with van der Waals surface area (Å²) < 4.78 is 0. The summed E-state index contributed by atoms with van der Waals surface area (Å²) in [5.74, 6) is 1.45. The Labute approximate surface area is 82.3 Å². The predicted octanol–water partition coefficient (Wildman–Crippen LogP) is 2.49. The third kappa shape index (κ3) is 2.23. The van der Waals surface area contributed by atoms with Crippen LogP contribution in [0.1, 0.15) is 0 Å². The van der Waals surface area contributed by atoms with Gasteiger partial charge >= 0.3 is 0 Å². The Balaban J connectivity index is 1.96. The number of anilines is 1. The average Bonchev–Trinajstić information content (AvgIpc) is 2.29. The van der Waals surface area contributed by atoms with E-state index in [0.29, 0.717) is 5.82 Å². The highest BCUT2D eigenvalue weighted by molar-refractivity contribution is 5.32. The zero-order valence-corrected chi connectivity index (χ0v) is 7.55. The van der Waals surface area contributed by atoms with E-state index in [1.807, 2.05) is 48.5 Å². The van der Waals surface area contributed by atoms with Gasteiger partial charge in [-0.15, -0.1) is 0 Å². The number of hydrogen-bond acceptors (Lipinski definition) is 3. The third-order valence-corrected chi connectivity index (χ3v) is 1.68. The largest absolute Gasteiger partial charge is 0.381 e. The van der Waals surface area contributed by atoms with Crippen molar-refractivity contribution in [2.45, 2.75) is 0 Å². The van der Waals surface area contributed by atoms with Crippen LogP contribution in [-0.2, 0) is 0 Å². The summed E-state index contributed by atoms with van der Waals surface area (Å²) in [4.78, 5) is 9.34. The molecule has 0 unspecified atom stereocenters. The summed E-state index contributed by atoms with van der Waals surface area (Å²) in [6.07, 6.45) is 1.71. The number of nitrogens with one attached hydrogen (secondary N) is 1. The molecule has 0 saturated carbocycles. The molecule has 1 aromatic carbocycles. The molecule has 0 bridgehead atoms. The minimum atomic E-state index is 0.691. The van der Waals surface area contributed by atoms with Crippen LogP contribution in [-0.4, -0.2) is 4.98 Å². The lowest BCUT2D eigenvalue weighted by atomic mass is 10.3. The lowest BCUT2D eigenvalue weighted by molar-refractivity contribution is 0.402. The van der Waals surface area contributed by atoms with Gasteiger partial charge in [-0.3, -0.25) is 0 Å². The summed E-state index contributed by atoms with van der Waals surface area (Å²) in [6.45, 7) is 0. The first kappa shape index (κ1) is 8.56. The second kappa shape index (κ2) is 4.28. The van der Waals surface area contributed by atoms with Gasteiger partial charge in [0.05, 0.1) is 0 Å². The standard InChI is InChI=1S/C11H10N2O/c1-2-6-10(7-3-1)14-13-11-8-4-5-9-12-11/h1-9H,(H,12,13). The molecule has 3 heteroatoms. The molecular weight excluding hydrogens is 176 g/mol. The lowest BCUT2D eigenvalue weighted by Crippen LogP contribution is -2.05. The highest BCUT2D eigenvalue weighted by Gasteiger charge is 1.92. The molecule has 1 aromatic heterocycles. The normalized spacial score (nSPS) is 9.43. The van der Waals surface area contributed by atoms with Crippen molar-refractivity contribution in [1.82, 2.24) is 4.98 Å². The van der Waals surface area contributed by atoms with Crippen LogP contribution < -0.4 is 10.3 Å². The van der Waals surface area contributed by atoms with E-state index in [-0.39, 0.29) is 0 Å². The molecule has 2 rings (SSSR count). The minimum absolute atomic E-state index is 0.691. The Bertz CT molecular complexity index is 336. The maximum Gasteiger partial charge on any atom is 0.160 e. The van der Waals surface area contributed by atoms with Crippen LogP contribution in [0.2, 0.25) is 0 Å². The molecule has 0 aliphatic heterocycles. The van der Waals surface area contributed by atoms with Crippen molar-refractivity contribution >= 4 is 5.82 Å². The van der Waals surface area contributed by atoms with E-state index in [1.165, 1.54) is 0 Å². The summed E-state index contributed by atoms with van der Waals surface area (Å²) in [5, 5.41) is 0. The number of aromatic nitrogens is 1. The summed E-state index contributed by atoms with van der Waals surface area (Å²) >= 11 is 0. The van der Waals surface area contributed by atoms with Crippen LogP contribution >= 0.6 is 0 Å². The van der Waals surface area contributed by atoms with Crippen LogP contribution in [0.5, 0.6) is 5.75 Å². The maximum absolute atomic E-state index is 5.28. The van der Waals surface area contributed by atoms with E-state index in [4.69, 9.17) is 4.84 Å². The molecule has 0 aliphatic carbocycles. The first-order valence-corrected chi connectivity index (χ1v) is 4.34. The third-order valence-electron chi connectivity index (χ3n) is 1.68. The Hall–Kier alpha value is -2.03. The van der Waals surface area contributed by atoms with Gasteiger partial charge in [0, 0.05) is 6.20 Å². The van der Waals surface area contributed by atoms with Gasteiger partial charge in [0.15, 0.2) is 11.6 Å². The number of benzene rings is 1. The number of hydrogen-bond donors (Lipinski definition) is 1. The van der Waals surface area contributed by atoms with Crippen LogP contribution in [0.3, 0.4) is 0 Å². The van der Waals surface area contributed by atoms with Crippen molar-refractivity contribution in [3.05, 3.63) is 54.7 Å². The SMILES string of the molecule is c1ccc(ONc2ccccn2)cc1. The summed E-state index contributed by atoms with van der Waals surface area (Å²) in [5.41, 5.74) is 2.75. The Kier molecular flexibility index (Phi) is 2.62. The molecule has 0 aliphatic rings. The van der Waals surface area contributed by atoms with Gasteiger partial charge in [0.25, 0.3) is 0 Å². The average molecular weight is 186 g/mol. The van der Waals surface area contributed by atoms with Crippen molar-refractivity contribution in [2.75, 3.05) is 5.48 Å². The Morgan fingerprint density at radius 3 is 2.43 bits per heavy atom. The molecule has 0 spiro atoms. The van der Waals surface area contributed by atoms with Crippen molar-refractivity contribution in [3.63, 3.8) is 0 Å². The van der Waals surface area contributed by atoms with Crippen LogP contribution in [0, 0.1) is 0 Å². The smallest absolute Gasteiger partial charge is 0.160 e. The first-order chi connectivity index (χ1) is 6.95. The van der Waals surface area contributed by atoms with Crippen LogP contribution in [0.25, 0.3) is 0 Å². The first-order valence-electron chi connectivity index (χ1n) is 4.34. The van der Waals surface area contributed by atoms with Crippen molar-refractivity contribution in [1.29, 1.82) is 0 Å². The molecule has 0 atom stereocenters. The number of para-hydroxylation sites is 1. The van der Waals surface area contributed by atoms with E-state index in [1.54, 1.807) is 6.20 Å². The Morgan fingerprint density at radius 1 is 0.929 bits per heavy atom. The van der Waals surface area contributed by atoms with Crippen LogP contribution in [0.4, 0.5) is 5.82 Å². The topological polar surface area (TPSA) is 34.1 Å². The van der Waals surface area contributed by atoms with Gasteiger partial charge in [-0.2, -0.15) is 0 Å². The number of rotatable bonds is 3. The molecule has 1 heterocycles. The molecule has 0 saturated heterocycles. The second-order valence-corrected chi connectivity index (χ2v) is 2.73. The fourth-order valence-corrected chi connectivity index (χ4v) is 1.02. The molecule has 0 radical (unpaired) electrons. The van der Waals surface area contributed by atoms with Gasteiger partial charge < -0.3 is 4.84 Å². The second-order valence-electron chi connectivity index (χ2n) is 2.73. The highest BCUT2D eigenvalue weighted by atomic mass is 16.6. The van der Waals surface area contributed by atoms with E-state index in [9.17, 15) is 0 Å². The lowest BCUT2D eigenvalue weighted by Gasteiger charge is -2.05. The van der Waals surface area contributed by atoms with Gasteiger partial charge in [0.1, 0.15) is 0 Å². The summed E-state index contributed by atoms with van der Waals surface area (Å²) in [7, 11) is 0. The van der Waals surface area contributed by atoms with Gasteiger partial charge in [0.2, 0.25) is 0 Å². The molecule has 3 nitrogen and oxygen atoms in total. The maximum atomic E-state index is 5.28. The summed E-state index contributed by atoms with van der Waals surface area (Å²) in [6, 6.07) is 15.1. The quantitative estimate of drug-likeness (QED) is 0.748. The van der Waals surface area contributed by atoms with Gasteiger partial charge in [-0.25, -0.2) is 10.5 Å². The molecule has 2 aromatic rings. The van der Waals surface area contributed by atoms with Gasteiger partial charge in [-0.1, -0.05) is 24.3 Å². The van der Waals surface area contributed by atoms with Gasteiger partial charge in [-0.05, 0) is 24.3 Å². The molecular formula is C11H10N2O. The van der Waals surface area contributed by atoms with Crippen LogP contribution in [0.15, 0.2) is 54.7 Å². The monoisotopic (exact) mass is 186 g/mol. The molecule has 0 amide bonds. The zero-order valence-electron chi connectivity index (χ0n) is 7.55. The fraction of sp³-hybridized carbons (Fsp3) is 0. The van der Waals surface area contributed by atoms with Crippen molar-refractivity contribution in [3.8, 4) is 5.75 Å². The highest BCUT2D eigenvalue weighted by Crippen LogP contribution is 2.09. The molecule has 1 N–H and O–H groups in total. The Morgan fingerprint density at radius 2 is 1.71 bits per heavy atom.